The molecule has 1 N–H and O–H groups in total. The molecule has 2 aliphatic carbocycles. The molecule has 12 heteroatoms. The average Bonchev–Trinajstić information content (AvgIpc) is 3.64. The Balaban J connectivity index is 0.000000181. The van der Waals surface area contributed by atoms with E-state index in [-0.39, 0.29) is 34.1 Å². The minimum atomic E-state index is -0.393. The Bertz CT molecular complexity index is 1170. The molecule has 0 aromatic carbocycles. The van der Waals surface area contributed by atoms with E-state index in [1.807, 2.05) is 6.92 Å². The first-order chi connectivity index (χ1) is 18.7. The van der Waals surface area contributed by atoms with E-state index < -0.39 is 4.92 Å². The van der Waals surface area contributed by atoms with Gasteiger partial charge in [-0.1, -0.05) is 52.9 Å². The molecule has 0 radical (unpaired) electrons. The van der Waals surface area contributed by atoms with Crippen LogP contribution in [0.25, 0.3) is 0 Å². The lowest BCUT2D eigenvalue weighted by Crippen LogP contribution is -2.52. The molecular formula is C27H37Cl2N7O3. The number of anilines is 2. The molecule has 0 bridgehead atoms. The van der Waals surface area contributed by atoms with Crippen LogP contribution in [0.2, 0.25) is 10.6 Å². The van der Waals surface area contributed by atoms with Crippen molar-refractivity contribution < 1.29 is 9.72 Å². The van der Waals surface area contributed by atoms with Crippen molar-refractivity contribution in [1.82, 2.24) is 19.9 Å². The summed E-state index contributed by atoms with van der Waals surface area (Å²) in [4.78, 5) is 41.5. The molecule has 0 spiro atoms. The van der Waals surface area contributed by atoms with Gasteiger partial charge < -0.3 is 10.2 Å². The Hall–Kier alpha value is -2.59. The Labute approximate surface area is 239 Å². The van der Waals surface area contributed by atoms with Gasteiger partial charge in [-0.2, -0.15) is 4.98 Å². The van der Waals surface area contributed by atoms with Gasteiger partial charge in [0.2, 0.25) is 16.5 Å². The zero-order valence-corrected chi connectivity index (χ0v) is 24.3. The molecule has 1 aliphatic heterocycles. The molecule has 212 valence electrons. The lowest BCUT2D eigenvalue weighted by Gasteiger charge is -2.40. The number of rotatable bonds is 7. The molecular weight excluding hydrogens is 541 g/mol. The van der Waals surface area contributed by atoms with Crippen molar-refractivity contribution in [3.8, 4) is 0 Å². The molecule has 2 saturated carbocycles. The quantitative estimate of drug-likeness (QED) is 0.212. The van der Waals surface area contributed by atoms with Gasteiger partial charge in [-0.15, -0.1) is 0 Å². The highest BCUT2D eigenvalue weighted by molar-refractivity contribution is 6.28. The van der Waals surface area contributed by atoms with Crippen molar-refractivity contribution in [3.63, 3.8) is 0 Å². The van der Waals surface area contributed by atoms with Crippen LogP contribution in [0, 0.1) is 22.0 Å². The van der Waals surface area contributed by atoms with Gasteiger partial charge in [0.1, 0.15) is 23.6 Å². The first kappa shape index (κ1) is 29.4. The fourth-order valence-corrected chi connectivity index (χ4v) is 6.67. The number of hydrogen-bond acceptors (Lipinski definition) is 8. The summed E-state index contributed by atoms with van der Waals surface area (Å²) in [7, 11) is 0. The molecule has 10 nitrogen and oxygen atoms in total. The molecule has 3 heterocycles. The SMILES string of the molecule is CC[C@@H]1C(=O)Nc2cnc(Cl)nc2N1C1CCCC1.CC[C@H](C)C(c1nc(Cl)ncc1[N+](=O)[O-])C1CCCC1. The van der Waals surface area contributed by atoms with Crippen LogP contribution in [-0.4, -0.2) is 42.9 Å². The summed E-state index contributed by atoms with van der Waals surface area (Å²) in [6.45, 7) is 6.28. The maximum absolute atomic E-state index is 12.2. The van der Waals surface area contributed by atoms with E-state index in [2.05, 4.69) is 44.0 Å². The van der Waals surface area contributed by atoms with Crippen LogP contribution < -0.4 is 10.2 Å². The van der Waals surface area contributed by atoms with Crippen LogP contribution >= 0.6 is 23.2 Å². The predicted octanol–water partition coefficient (Wildman–Crippen LogP) is 6.97. The third-order valence-corrected chi connectivity index (χ3v) is 8.79. The highest BCUT2D eigenvalue weighted by atomic mass is 35.5. The number of halogens is 2. The Kier molecular flexibility index (Phi) is 9.93. The smallest absolute Gasteiger partial charge is 0.309 e. The van der Waals surface area contributed by atoms with Crippen molar-refractivity contribution in [3.05, 3.63) is 38.8 Å². The van der Waals surface area contributed by atoms with E-state index in [0.29, 0.717) is 29.3 Å². The van der Waals surface area contributed by atoms with E-state index in [1.165, 1.54) is 31.9 Å². The average molecular weight is 579 g/mol. The number of nitrogens with one attached hydrogen (secondary N) is 1. The van der Waals surface area contributed by atoms with Crippen LogP contribution in [0.1, 0.15) is 96.6 Å². The zero-order valence-electron chi connectivity index (χ0n) is 22.8. The van der Waals surface area contributed by atoms with Gasteiger partial charge in [0.25, 0.3) is 0 Å². The molecule has 0 saturated heterocycles. The second kappa shape index (κ2) is 13.2. The third-order valence-electron chi connectivity index (χ3n) is 8.43. The number of fused-ring (bicyclic) bond motifs is 1. The summed E-state index contributed by atoms with van der Waals surface area (Å²) < 4.78 is 0. The van der Waals surface area contributed by atoms with Gasteiger partial charge in [0, 0.05) is 12.0 Å². The molecule has 2 aromatic heterocycles. The highest BCUT2D eigenvalue weighted by Crippen LogP contribution is 2.44. The Morgan fingerprint density at radius 2 is 1.67 bits per heavy atom. The van der Waals surface area contributed by atoms with Crippen LogP contribution in [0.15, 0.2) is 12.4 Å². The van der Waals surface area contributed by atoms with Crippen LogP contribution in [-0.2, 0) is 4.79 Å². The van der Waals surface area contributed by atoms with Crippen molar-refractivity contribution in [2.45, 2.75) is 103 Å². The van der Waals surface area contributed by atoms with Gasteiger partial charge in [-0.25, -0.2) is 15.0 Å². The van der Waals surface area contributed by atoms with Crippen LogP contribution in [0.4, 0.5) is 17.2 Å². The minimum absolute atomic E-state index is 0.00611. The van der Waals surface area contributed by atoms with Crippen LogP contribution in [0.5, 0.6) is 0 Å². The number of amides is 1. The normalized spacial score (nSPS) is 21.1. The summed E-state index contributed by atoms with van der Waals surface area (Å²) >= 11 is 11.8. The molecule has 2 aromatic rings. The topological polar surface area (TPSA) is 127 Å². The summed E-state index contributed by atoms with van der Waals surface area (Å²) in [6, 6.07) is 0.238. The maximum Gasteiger partial charge on any atom is 0.309 e. The largest absolute Gasteiger partial charge is 0.340 e. The number of carbonyl (C=O) groups excluding carboxylic acids is 1. The van der Waals surface area contributed by atoms with E-state index in [0.717, 1.165) is 44.3 Å². The number of hydrogen-bond donors (Lipinski definition) is 1. The molecule has 3 aliphatic rings. The predicted molar refractivity (Wildman–Crippen MR) is 152 cm³/mol. The second-order valence-corrected chi connectivity index (χ2v) is 11.4. The summed E-state index contributed by atoms with van der Waals surface area (Å²) in [5.41, 5.74) is 1.20. The van der Waals surface area contributed by atoms with Crippen molar-refractivity contribution >= 4 is 46.3 Å². The van der Waals surface area contributed by atoms with Gasteiger partial charge in [-0.05, 0) is 67.1 Å². The van der Waals surface area contributed by atoms with Gasteiger partial charge in [0.05, 0.1) is 11.1 Å². The number of aromatic nitrogens is 4. The number of nitro groups is 1. The van der Waals surface area contributed by atoms with Gasteiger partial charge >= 0.3 is 5.69 Å². The fourth-order valence-electron chi connectivity index (χ4n) is 6.40. The Morgan fingerprint density at radius 1 is 1.05 bits per heavy atom. The Morgan fingerprint density at radius 3 is 2.28 bits per heavy atom. The number of carbonyl (C=O) groups is 1. The maximum atomic E-state index is 12.2. The standard InChI is InChI=1S/C14H20ClN3O2.C13H17ClN4O/c1-3-9(2)12(10-6-4-5-7-10)13-11(18(19)20)8-16-14(15)17-13;1-2-10-12(19)16-9-7-15-13(14)17-11(9)18(10)8-5-3-4-6-8/h8-10,12H,3-7H2,1-2H3;7-8,10H,2-6H2,1H3,(H,16,19)/t9-,12?;10-/m01/s1. The zero-order chi connectivity index (χ0) is 28.1. The third kappa shape index (κ3) is 6.60. The molecule has 39 heavy (non-hydrogen) atoms. The summed E-state index contributed by atoms with van der Waals surface area (Å²) in [6.07, 6.45) is 13.9. The first-order valence-corrected chi connectivity index (χ1v) is 14.8. The van der Waals surface area contributed by atoms with E-state index in [1.54, 1.807) is 6.20 Å². The minimum Gasteiger partial charge on any atom is -0.340 e. The summed E-state index contributed by atoms with van der Waals surface area (Å²) in [5, 5.41) is 14.4. The molecule has 1 unspecified atom stereocenters. The fraction of sp³-hybridized carbons (Fsp3) is 0.667. The summed E-state index contributed by atoms with van der Waals surface area (Å²) in [5.74, 6) is 1.73. The van der Waals surface area contributed by atoms with Gasteiger partial charge in [0.15, 0.2) is 5.82 Å². The van der Waals surface area contributed by atoms with E-state index in [9.17, 15) is 14.9 Å². The van der Waals surface area contributed by atoms with Crippen molar-refractivity contribution in [2.24, 2.45) is 11.8 Å². The molecule has 5 rings (SSSR count). The number of nitrogens with zero attached hydrogens (tertiary/aromatic N) is 6. The highest BCUT2D eigenvalue weighted by Gasteiger charge is 2.39. The monoisotopic (exact) mass is 577 g/mol. The second-order valence-electron chi connectivity index (χ2n) is 10.8. The van der Waals surface area contributed by atoms with Gasteiger partial charge in [-0.3, -0.25) is 14.9 Å². The van der Waals surface area contributed by atoms with Crippen molar-refractivity contribution in [1.29, 1.82) is 0 Å². The molecule has 2 fully saturated rings. The molecule has 1 amide bonds. The first-order valence-electron chi connectivity index (χ1n) is 14.0. The van der Waals surface area contributed by atoms with Crippen molar-refractivity contribution in [2.75, 3.05) is 10.2 Å². The lowest BCUT2D eigenvalue weighted by molar-refractivity contribution is -0.386. The molecule has 3 atom stereocenters. The van der Waals surface area contributed by atoms with E-state index >= 15 is 0 Å². The van der Waals surface area contributed by atoms with Crippen LogP contribution in [0.3, 0.4) is 0 Å². The lowest BCUT2D eigenvalue weighted by atomic mass is 9.77. The van der Waals surface area contributed by atoms with E-state index in [4.69, 9.17) is 23.2 Å².